The zero-order valence-corrected chi connectivity index (χ0v) is 32.9. The van der Waals surface area contributed by atoms with E-state index in [-0.39, 0.29) is 29.3 Å². The van der Waals surface area contributed by atoms with Gasteiger partial charge in [-0.15, -0.1) is 11.4 Å². The van der Waals surface area contributed by atoms with E-state index in [1.165, 1.54) is 24.3 Å². The number of benzene rings is 6. The minimum Gasteiger partial charge on any atom is -0.572 e. The molecule has 11 heteroatoms. The number of rotatable bonds is 8. The summed E-state index contributed by atoms with van der Waals surface area (Å²) in [6, 6.07) is 50.3. The molecule has 8 nitrogen and oxygen atoms in total. The van der Waals surface area contributed by atoms with Gasteiger partial charge in [-0.1, -0.05) is 133 Å². The average molecular weight is 784 g/mol. The largest absolute Gasteiger partial charge is 2.00 e. The van der Waals surface area contributed by atoms with Crippen LogP contribution in [0.2, 0.25) is 0 Å². The fourth-order valence-electron chi connectivity index (χ4n) is 5.72. The number of hydrogen-bond acceptors (Lipinski definition) is 6. The summed E-state index contributed by atoms with van der Waals surface area (Å²) in [4.78, 5) is 9.31. The molecule has 0 unspecified atom stereocenters. The second-order valence-electron chi connectivity index (χ2n) is 11.6. The van der Waals surface area contributed by atoms with Crippen molar-refractivity contribution in [2.75, 3.05) is 0 Å². The Hall–Kier alpha value is -5.74. The number of hydrogen-bond donors (Lipinski definition) is 0. The summed E-state index contributed by atoms with van der Waals surface area (Å²) >= 11 is 0. The minimum absolute atomic E-state index is 0. The standard InChI is InChI=1S/2C21H15N2O2S.Zn/c2*24-26(25,17-9-2-1-3-10-17)23-20-13-7-6-12-19(20)21-18-11-5-4-8-16(18)14-15-22-21;/h2*1-15H;/q2*-1;+2. The fourth-order valence-corrected chi connectivity index (χ4v) is 7.77. The van der Waals surface area contributed by atoms with Gasteiger partial charge in [-0.3, -0.25) is 9.97 Å². The molecule has 0 bridgehead atoms. The first-order valence-electron chi connectivity index (χ1n) is 16.2. The van der Waals surface area contributed by atoms with Crippen LogP contribution in [0.5, 0.6) is 0 Å². The van der Waals surface area contributed by atoms with Crippen molar-refractivity contribution in [3.63, 3.8) is 0 Å². The fraction of sp³-hybridized carbons (Fsp3) is 0. The van der Waals surface area contributed by atoms with Gasteiger partial charge < -0.3 is 9.44 Å². The van der Waals surface area contributed by atoms with Crippen LogP contribution in [-0.4, -0.2) is 26.8 Å². The second kappa shape index (κ2) is 16.3. The first kappa shape index (κ1) is 37.0. The van der Waals surface area contributed by atoms with Crippen LogP contribution in [0.15, 0.2) is 192 Å². The van der Waals surface area contributed by atoms with Crippen molar-refractivity contribution in [3.8, 4) is 22.5 Å². The van der Waals surface area contributed by atoms with Crippen LogP contribution < -0.4 is 0 Å². The first-order valence-corrected chi connectivity index (χ1v) is 19.1. The summed E-state index contributed by atoms with van der Waals surface area (Å²) in [5.74, 6) is 0. The van der Waals surface area contributed by atoms with Crippen LogP contribution in [0.25, 0.3) is 53.5 Å². The summed E-state index contributed by atoms with van der Waals surface area (Å²) in [7, 11) is -7.60. The van der Waals surface area contributed by atoms with Crippen LogP contribution in [0.1, 0.15) is 0 Å². The monoisotopic (exact) mass is 782 g/mol. The van der Waals surface area contributed by atoms with Crippen LogP contribution in [-0.2, 0) is 39.5 Å². The maximum absolute atomic E-state index is 12.7. The molecule has 256 valence electrons. The van der Waals surface area contributed by atoms with E-state index in [9.17, 15) is 16.8 Å². The quantitative estimate of drug-likeness (QED) is 0.141. The van der Waals surface area contributed by atoms with Crippen LogP contribution in [0.4, 0.5) is 11.4 Å². The molecule has 0 amide bonds. The van der Waals surface area contributed by atoms with Gasteiger partial charge in [0.05, 0.1) is 21.2 Å². The molecule has 0 atom stereocenters. The van der Waals surface area contributed by atoms with Crippen molar-refractivity contribution < 1.29 is 36.3 Å². The van der Waals surface area contributed by atoms with Crippen molar-refractivity contribution in [1.82, 2.24) is 9.97 Å². The minimum atomic E-state index is -3.80. The van der Waals surface area contributed by atoms with E-state index in [2.05, 4.69) is 19.4 Å². The topological polar surface area (TPSA) is 122 Å². The van der Waals surface area contributed by atoms with E-state index in [0.29, 0.717) is 33.9 Å². The average Bonchev–Trinajstić information content (AvgIpc) is 3.19. The molecule has 8 aromatic rings. The van der Waals surface area contributed by atoms with Crippen molar-refractivity contribution in [2.24, 2.45) is 0 Å². The van der Waals surface area contributed by atoms with Crippen molar-refractivity contribution >= 4 is 53.0 Å². The van der Waals surface area contributed by atoms with Gasteiger partial charge in [0.15, 0.2) is 0 Å². The van der Waals surface area contributed by atoms with Gasteiger partial charge in [0.25, 0.3) is 0 Å². The van der Waals surface area contributed by atoms with Crippen LogP contribution >= 0.6 is 0 Å². The summed E-state index contributed by atoms with van der Waals surface area (Å²) < 4.78 is 58.8. The molecular formula is C42H30N4O4S2Zn. The Morgan fingerprint density at radius 2 is 0.717 bits per heavy atom. The van der Waals surface area contributed by atoms with Gasteiger partial charge in [-0.2, -0.15) is 0 Å². The van der Waals surface area contributed by atoms with E-state index in [4.69, 9.17) is 0 Å². The normalized spacial score (nSPS) is 11.2. The zero-order valence-electron chi connectivity index (χ0n) is 28.3. The summed E-state index contributed by atoms with van der Waals surface area (Å²) in [5.41, 5.74) is 3.55. The van der Waals surface area contributed by atoms with Crippen molar-refractivity contribution in [2.45, 2.75) is 9.79 Å². The third-order valence-electron chi connectivity index (χ3n) is 8.18. The molecule has 0 saturated carbocycles. The molecule has 2 aromatic heterocycles. The summed E-state index contributed by atoms with van der Waals surface area (Å²) in [5, 5.41) is 3.99. The Kier molecular flexibility index (Phi) is 11.4. The van der Waals surface area contributed by atoms with Gasteiger partial charge in [0.1, 0.15) is 20.0 Å². The molecule has 0 spiro atoms. The molecule has 8 rings (SSSR count). The van der Waals surface area contributed by atoms with Gasteiger partial charge >= 0.3 is 19.5 Å². The molecule has 0 fully saturated rings. The van der Waals surface area contributed by atoms with Crippen molar-refractivity contribution in [3.05, 3.63) is 192 Å². The number of aromatic nitrogens is 2. The summed E-state index contributed by atoms with van der Waals surface area (Å²) in [6.45, 7) is 0. The molecule has 0 aliphatic heterocycles. The van der Waals surface area contributed by atoms with Gasteiger partial charge in [-0.25, -0.2) is 16.8 Å². The van der Waals surface area contributed by atoms with E-state index in [1.54, 1.807) is 73.1 Å². The molecule has 0 N–H and O–H groups in total. The van der Waals surface area contributed by atoms with E-state index in [0.717, 1.165) is 21.5 Å². The zero-order chi connectivity index (χ0) is 36.0. The van der Waals surface area contributed by atoms with Gasteiger partial charge in [0, 0.05) is 23.2 Å². The third kappa shape index (κ3) is 8.34. The molecule has 6 aromatic carbocycles. The molecular weight excluding hydrogens is 754 g/mol. The maximum atomic E-state index is 12.7. The smallest absolute Gasteiger partial charge is 0.572 e. The number of pyridine rings is 2. The van der Waals surface area contributed by atoms with Crippen molar-refractivity contribution in [1.29, 1.82) is 0 Å². The Morgan fingerprint density at radius 3 is 1.13 bits per heavy atom. The Bertz CT molecular complexity index is 2530. The van der Waals surface area contributed by atoms with E-state index < -0.39 is 20.0 Å². The second-order valence-corrected chi connectivity index (χ2v) is 14.8. The number of nitrogens with zero attached hydrogens (tertiary/aromatic N) is 4. The molecule has 0 aliphatic rings. The predicted molar refractivity (Wildman–Crippen MR) is 208 cm³/mol. The molecule has 2 heterocycles. The van der Waals surface area contributed by atoms with E-state index >= 15 is 0 Å². The number of fused-ring (bicyclic) bond motifs is 2. The maximum Gasteiger partial charge on any atom is 2.00 e. The Balaban J connectivity index is 0.000000178. The van der Waals surface area contributed by atoms with Gasteiger partial charge in [0.2, 0.25) is 0 Å². The molecule has 0 radical (unpaired) electrons. The predicted octanol–water partition coefficient (Wildman–Crippen LogP) is 10.6. The Morgan fingerprint density at radius 1 is 0.377 bits per heavy atom. The van der Waals surface area contributed by atoms with Crippen LogP contribution in [0, 0.1) is 0 Å². The molecule has 0 aliphatic carbocycles. The molecule has 0 saturated heterocycles. The van der Waals surface area contributed by atoms with Gasteiger partial charge in [-0.05, 0) is 58.3 Å². The molecule has 53 heavy (non-hydrogen) atoms. The van der Waals surface area contributed by atoms with E-state index in [1.807, 2.05) is 84.9 Å². The van der Waals surface area contributed by atoms with Crippen LogP contribution in [0.3, 0.4) is 0 Å². The summed E-state index contributed by atoms with van der Waals surface area (Å²) in [6.07, 6.45) is 3.44. The Labute approximate surface area is 321 Å². The first-order chi connectivity index (χ1) is 25.3. The number of sulfonamides is 2. The SMILES string of the molecule is O=S(=O)([N-]c1ccccc1-c1nccc2ccccc12)c1ccccc1.O=S(=O)([N-]c1ccccc1-c1nccc2ccccc12)c1ccccc1.[Zn+2]. The third-order valence-corrected chi connectivity index (χ3v) is 10.8.